The zero-order valence-electron chi connectivity index (χ0n) is 15.8. The fourth-order valence-electron chi connectivity index (χ4n) is 2.76. The summed E-state index contributed by atoms with van der Waals surface area (Å²) in [5.74, 6) is 0.0512. The minimum absolute atomic E-state index is 0.0136. The predicted molar refractivity (Wildman–Crippen MR) is 102 cm³/mol. The molecule has 0 unspecified atom stereocenters. The minimum atomic E-state index is -4.58. The van der Waals surface area contributed by atoms with Crippen LogP contribution in [0.5, 0.6) is 11.5 Å². The number of benzene rings is 2. The molecule has 1 aromatic heterocycles. The van der Waals surface area contributed by atoms with Crippen molar-refractivity contribution >= 4 is 17.8 Å². The van der Waals surface area contributed by atoms with Crippen molar-refractivity contribution in [2.75, 3.05) is 12.4 Å². The van der Waals surface area contributed by atoms with Crippen LogP contribution in [0.1, 0.15) is 11.3 Å². The first-order chi connectivity index (χ1) is 14.2. The van der Waals surface area contributed by atoms with Gasteiger partial charge in [0.05, 0.1) is 7.11 Å². The van der Waals surface area contributed by atoms with E-state index in [-0.39, 0.29) is 17.4 Å². The van der Waals surface area contributed by atoms with Crippen LogP contribution in [-0.2, 0) is 6.18 Å². The van der Waals surface area contributed by atoms with Gasteiger partial charge >= 0.3 is 12.3 Å². The molecule has 0 saturated carbocycles. The Labute approximate surface area is 169 Å². The maximum absolute atomic E-state index is 12.9. The molecular formula is C20H16F3N3O4. The van der Waals surface area contributed by atoms with Gasteiger partial charge in [0.1, 0.15) is 5.69 Å². The highest BCUT2D eigenvalue weighted by atomic mass is 19.4. The van der Waals surface area contributed by atoms with Gasteiger partial charge in [-0.2, -0.15) is 13.2 Å². The zero-order valence-corrected chi connectivity index (χ0v) is 15.8. The standard InChI is InChI=1S/C20H16F3N3O4/c1-11-7-13(12-3-4-15(29-2)16(10-12)30-19(27)28)9-14(8-11)25-18-24-6-5-17(26-18)20(21,22)23/h3-10H,1-2H3,(H,27,28)(H,24,25,26). The third-order valence-electron chi connectivity index (χ3n) is 3.97. The number of aromatic nitrogens is 2. The van der Waals surface area contributed by atoms with Crippen LogP contribution in [0.4, 0.5) is 29.6 Å². The van der Waals surface area contributed by atoms with Crippen molar-refractivity contribution in [3.8, 4) is 22.6 Å². The van der Waals surface area contributed by atoms with E-state index in [9.17, 15) is 18.0 Å². The number of rotatable bonds is 5. The van der Waals surface area contributed by atoms with Gasteiger partial charge in [-0.15, -0.1) is 0 Å². The number of hydrogen-bond acceptors (Lipinski definition) is 6. The van der Waals surface area contributed by atoms with Gasteiger partial charge in [0.15, 0.2) is 11.5 Å². The summed E-state index contributed by atoms with van der Waals surface area (Å²) in [6, 6.07) is 10.7. The largest absolute Gasteiger partial charge is 0.511 e. The van der Waals surface area contributed by atoms with E-state index in [0.29, 0.717) is 16.8 Å². The molecule has 0 fully saturated rings. The Morgan fingerprint density at radius 3 is 2.50 bits per heavy atom. The molecule has 0 spiro atoms. The molecule has 3 rings (SSSR count). The summed E-state index contributed by atoms with van der Waals surface area (Å²) in [5.41, 5.74) is 1.49. The van der Waals surface area contributed by atoms with E-state index in [2.05, 4.69) is 15.3 Å². The average Bonchev–Trinajstić information content (AvgIpc) is 2.66. The van der Waals surface area contributed by atoms with Gasteiger partial charge in [-0.25, -0.2) is 14.8 Å². The lowest BCUT2D eigenvalue weighted by Gasteiger charge is -2.13. The fraction of sp³-hybridized carbons (Fsp3) is 0.150. The first-order valence-corrected chi connectivity index (χ1v) is 8.54. The molecule has 0 aliphatic heterocycles. The third kappa shape index (κ3) is 4.96. The summed E-state index contributed by atoms with van der Waals surface area (Å²) >= 11 is 0. The van der Waals surface area contributed by atoms with Crippen molar-refractivity contribution in [2.24, 2.45) is 0 Å². The molecule has 1 heterocycles. The highest BCUT2D eigenvalue weighted by Crippen LogP contribution is 2.34. The van der Waals surface area contributed by atoms with Gasteiger partial charge in [0, 0.05) is 11.9 Å². The summed E-state index contributed by atoms with van der Waals surface area (Å²) in [5, 5.41) is 11.7. The summed E-state index contributed by atoms with van der Waals surface area (Å²) < 4.78 is 48.4. The second kappa shape index (κ2) is 8.27. The van der Waals surface area contributed by atoms with Gasteiger partial charge in [-0.3, -0.25) is 0 Å². The molecule has 0 amide bonds. The lowest BCUT2D eigenvalue weighted by atomic mass is 10.0. The van der Waals surface area contributed by atoms with Gasteiger partial charge in [0.2, 0.25) is 5.95 Å². The van der Waals surface area contributed by atoms with Crippen LogP contribution in [0.3, 0.4) is 0 Å². The molecule has 0 aliphatic rings. The minimum Gasteiger partial charge on any atom is -0.493 e. The van der Waals surface area contributed by atoms with E-state index in [0.717, 1.165) is 17.8 Å². The molecule has 2 aromatic carbocycles. The highest BCUT2D eigenvalue weighted by molar-refractivity contribution is 5.74. The van der Waals surface area contributed by atoms with Crippen molar-refractivity contribution < 1.29 is 32.5 Å². The Kier molecular flexibility index (Phi) is 5.77. The maximum atomic E-state index is 12.9. The average molecular weight is 419 g/mol. The highest BCUT2D eigenvalue weighted by Gasteiger charge is 2.32. The van der Waals surface area contributed by atoms with E-state index < -0.39 is 18.0 Å². The Hall–Kier alpha value is -3.82. The predicted octanol–water partition coefficient (Wildman–Crippen LogP) is 5.28. The van der Waals surface area contributed by atoms with Crippen LogP contribution in [0.25, 0.3) is 11.1 Å². The van der Waals surface area contributed by atoms with Crippen LogP contribution in [0.15, 0.2) is 48.7 Å². The summed E-state index contributed by atoms with van der Waals surface area (Å²) in [6.45, 7) is 1.81. The lowest BCUT2D eigenvalue weighted by molar-refractivity contribution is -0.141. The van der Waals surface area contributed by atoms with Crippen LogP contribution in [-0.4, -0.2) is 28.3 Å². The van der Waals surface area contributed by atoms with Gasteiger partial charge in [-0.1, -0.05) is 12.1 Å². The molecule has 0 saturated heterocycles. The second-order valence-electron chi connectivity index (χ2n) is 6.21. The van der Waals surface area contributed by atoms with E-state index in [1.165, 1.54) is 13.2 Å². The van der Waals surface area contributed by atoms with Crippen molar-refractivity contribution in [1.82, 2.24) is 9.97 Å². The van der Waals surface area contributed by atoms with Crippen molar-refractivity contribution in [2.45, 2.75) is 13.1 Å². The Morgan fingerprint density at radius 1 is 1.07 bits per heavy atom. The van der Waals surface area contributed by atoms with Gasteiger partial charge in [0.25, 0.3) is 0 Å². The summed E-state index contributed by atoms with van der Waals surface area (Å²) in [4.78, 5) is 18.2. The molecular weight excluding hydrogens is 403 g/mol. The smallest absolute Gasteiger partial charge is 0.493 e. The number of carboxylic acid groups (broad SMARTS) is 1. The summed E-state index contributed by atoms with van der Waals surface area (Å²) in [7, 11) is 1.38. The SMILES string of the molecule is COc1ccc(-c2cc(C)cc(Nc3nccc(C(F)(F)F)n3)c2)cc1OC(=O)O. The number of aryl methyl sites for hydroxylation is 1. The molecule has 30 heavy (non-hydrogen) atoms. The van der Waals surface area contributed by atoms with E-state index in [1.54, 1.807) is 31.2 Å². The monoisotopic (exact) mass is 419 g/mol. The summed E-state index contributed by atoms with van der Waals surface area (Å²) in [6.07, 6.45) is -5.05. The van der Waals surface area contributed by atoms with Crippen molar-refractivity contribution in [3.63, 3.8) is 0 Å². The molecule has 0 radical (unpaired) electrons. The van der Waals surface area contributed by atoms with Crippen molar-refractivity contribution in [1.29, 1.82) is 0 Å². The normalized spacial score (nSPS) is 11.1. The number of ether oxygens (including phenoxy) is 2. The lowest BCUT2D eigenvalue weighted by Crippen LogP contribution is -2.10. The molecule has 7 nitrogen and oxygen atoms in total. The van der Waals surface area contributed by atoms with E-state index >= 15 is 0 Å². The van der Waals surface area contributed by atoms with Crippen LogP contribution in [0, 0.1) is 6.92 Å². The van der Waals surface area contributed by atoms with Gasteiger partial charge in [-0.05, 0) is 53.9 Å². The molecule has 3 aromatic rings. The number of nitrogens with zero attached hydrogens (tertiary/aromatic N) is 2. The second-order valence-corrected chi connectivity index (χ2v) is 6.21. The number of methoxy groups -OCH3 is 1. The van der Waals surface area contributed by atoms with Gasteiger partial charge < -0.3 is 19.9 Å². The van der Waals surface area contributed by atoms with E-state index in [1.807, 2.05) is 6.07 Å². The zero-order chi connectivity index (χ0) is 21.9. The first-order valence-electron chi connectivity index (χ1n) is 8.54. The Morgan fingerprint density at radius 2 is 1.83 bits per heavy atom. The van der Waals surface area contributed by atoms with Crippen LogP contribution >= 0.6 is 0 Å². The first kappa shape index (κ1) is 20.9. The van der Waals surface area contributed by atoms with E-state index in [4.69, 9.17) is 14.6 Å². The molecule has 156 valence electrons. The molecule has 2 N–H and O–H groups in total. The topological polar surface area (TPSA) is 93.6 Å². The Balaban J connectivity index is 1.95. The number of anilines is 2. The number of alkyl halides is 3. The van der Waals surface area contributed by atoms with Crippen LogP contribution < -0.4 is 14.8 Å². The number of hydrogen-bond donors (Lipinski definition) is 2. The van der Waals surface area contributed by atoms with Crippen molar-refractivity contribution in [3.05, 3.63) is 59.9 Å². The molecule has 0 atom stereocenters. The number of halogens is 3. The quantitative estimate of drug-likeness (QED) is 0.429. The number of nitrogens with one attached hydrogen (secondary N) is 1. The molecule has 0 bridgehead atoms. The maximum Gasteiger partial charge on any atom is 0.511 e. The Bertz CT molecular complexity index is 1090. The molecule has 0 aliphatic carbocycles. The third-order valence-corrected chi connectivity index (χ3v) is 3.97. The number of carbonyl (C=O) groups is 1. The van der Waals surface area contributed by atoms with Crippen LogP contribution in [0.2, 0.25) is 0 Å². The molecule has 10 heteroatoms. The fourth-order valence-corrected chi connectivity index (χ4v) is 2.76.